The predicted molar refractivity (Wildman–Crippen MR) is 114 cm³/mol. The van der Waals surface area contributed by atoms with Crippen LogP contribution in [0.5, 0.6) is 17.2 Å². The maximum Gasteiger partial charge on any atom is 0.321 e. The summed E-state index contributed by atoms with van der Waals surface area (Å²) in [5.41, 5.74) is 2.27. The van der Waals surface area contributed by atoms with Crippen molar-refractivity contribution in [3.63, 3.8) is 0 Å². The lowest BCUT2D eigenvalue weighted by molar-refractivity contribution is -0.138. The van der Waals surface area contributed by atoms with E-state index in [0.717, 1.165) is 24.2 Å². The monoisotopic (exact) mass is 417 g/mol. The van der Waals surface area contributed by atoms with Gasteiger partial charge in [0.2, 0.25) is 0 Å². The van der Waals surface area contributed by atoms with Crippen molar-refractivity contribution in [2.75, 3.05) is 26.1 Å². The first-order valence-corrected chi connectivity index (χ1v) is 10.8. The molecule has 0 aliphatic carbocycles. The topological polar surface area (TPSA) is 77.0 Å². The van der Waals surface area contributed by atoms with Crippen molar-refractivity contribution in [3.8, 4) is 17.2 Å². The minimum Gasteiger partial charge on any atom is -0.493 e. The Morgan fingerprint density at radius 1 is 1.14 bits per heavy atom. The molecule has 1 fully saturated rings. The van der Waals surface area contributed by atoms with E-state index in [0.29, 0.717) is 30.5 Å². The number of rotatable bonds is 10. The van der Waals surface area contributed by atoms with E-state index in [1.165, 1.54) is 5.56 Å². The van der Waals surface area contributed by atoms with Crippen LogP contribution in [0, 0.1) is 0 Å². The van der Waals surface area contributed by atoms with Crippen LogP contribution in [0.2, 0.25) is 0 Å². The molecular formula is C22H27NO5S. The lowest BCUT2D eigenvalue weighted by Gasteiger charge is -2.16. The van der Waals surface area contributed by atoms with Gasteiger partial charge in [0.1, 0.15) is 25.0 Å². The van der Waals surface area contributed by atoms with Gasteiger partial charge in [-0.2, -0.15) is 0 Å². The molecule has 2 aromatic carbocycles. The largest absolute Gasteiger partial charge is 0.493 e. The molecule has 1 saturated heterocycles. The molecule has 0 saturated carbocycles. The van der Waals surface area contributed by atoms with Crippen LogP contribution in [0.25, 0.3) is 0 Å². The molecule has 2 N–H and O–H groups in total. The molecule has 6 nitrogen and oxygen atoms in total. The highest BCUT2D eigenvalue weighted by Gasteiger charge is 2.30. The second-order valence-corrected chi connectivity index (χ2v) is 7.91. The molecule has 2 unspecified atom stereocenters. The first kappa shape index (κ1) is 21.3. The van der Waals surface area contributed by atoms with E-state index < -0.39 is 12.0 Å². The van der Waals surface area contributed by atoms with Crippen molar-refractivity contribution in [2.24, 2.45) is 0 Å². The fourth-order valence-electron chi connectivity index (χ4n) is 3.13. The summed E-state index contributed by atoms with van der Waals surface area (Å²) < 4.78 is 17.0. The molecule has 0 bridgehead atoms. The fraction of sp³-hybridized carbons (Fsp3) is 0.409. The zero-order valence-corrected chi connectivity index (χ0v) is 17.5. The SMILES string of the molecule is CCCc1ccc(OCCOc2cc(C3NC(C(=O)O)CS3)ccc2OC)cc1. The zero-order chi connectivity index (χ0) is 20.6. The first-order chi connectivity index (χ1) is 14.1. The molecule has 0 spiro atoms. The van der Waals surface area contributed by atoms with Crippen LogP contribution in [-0.4, -0.2) is 43.2 Å². The molecule has 0 radical (unpaired) electrons. The second kappa shape index (κ2) is 10.4. The number of benzene rings is 2. The van der Waals surface area contributed by atoms with Gasteiger partial charge in [0.05, 0.1) is 12.5 Å². The maximum absolute atomic E-state index is 11.2. The highest BCUT2D eigenvalue weighted by molar-refractivity contribution is 7.99. The molecule has 2 atom stereocenters. The standard InChI is InChI=1S/C22H27NO5S/c1-3-4-15-5-8-17(9-6-15)27-11-12-28-20-13-16(7-10-19(20)26-2)21-23-18(14-29-21)22(24)25/h5-10,13,18,21,23H,3-4,11-12,14H2,1-2H3,(H,24,25). The van der Waals surface area contributed by atoms with Crippen LogP contribution in [0.4, 0.5) is 0 Å². The third kappa shape index (κ3) is 5.81. The molecule has 156 valence electrons. The van der Waals surface area contributed by atoms with E-state index >= 15 is 0 Å². The summed E-state index contributed by atoms with van der Waals surface area (Å²) in [6, 6.07) is 13.3. The van der Waals surface area contributed by atoms with Crippen molar-refractivity contribution < 1.29 is 24.1 Å². The van der Waals surface area contributed by atoms with Gasteiger partial charge in [-0.1, -0.05) is 31.5 Å². The van der Waals surface area contributed by atoms with Gasteiger partial charge in [-0.15, -0.1) is 11.8 Å². The second-order valence-electron chi connectivity index (χ2n) is 6.77. The highest BCUT2D eigenvalue weighted by Crippen LogP contribution is 2.37. The van der Waals surface area contributed by atoms with Gasteiger partial charge in [0.15, 0.2) is 11.5 Å². The Labute approximate surface area is 175 Å². The van der Waals surface area contributed by atoms with Crippen LogP contribution in [0.1, 0.15) is 29.8 Å². The van der Waals surface area contributed by atoms with Gasteiger partial charge in [-0.05, 0) is 41.8 Å². The number of ether oxygens (including phenoxy) is 3. The van der Waals surface area contributed by atoms with Crippen molar-refractivity contribution in [1.29, 1.82) is 0 Å². The number of aliphatic carboxylic acids is 1. The Bertz CT molecular complexity index is 811. The van der Waals surface area contributed by atoms with Gasteiger partial charge in [-0.25, -0.2) is 0 Å². The summed E-state index contributed by atoms with van der Waals surface area (Å²) in [5, 5.41) is 12.2. The molecule has 1 aliphatic rings. The summed E-state index contributed by atoms with van der Waals surface area (Å²) in [6.07, 6.45) is 2.20. The predicted octanol–water partition coefficient (Wildman–Crippen LogP) is 3.89. The average molecular weight is 418 g/mol. The van der Waals surface area contributed by atoms with E-state index in [1.807, 2.05) is 30.3 Å². The summed E-state index contributed by atoms with van der Waals surface area (Å²) in [7, 11) is 1.60. The van der Waals surface area contributed by atoms with E-state index in [2.05, 4.69) is 24.4 Å². The van der Waals surface area contributed by atoms with Crippen LogP contribution in [-0.2, 0) is 11.2 Å². The van der Waals surface area contributed by atoms with E-state index in [-0.39, 0.29) is 5.37 Å². The number of aryl methyl sites for hydroxylation is 1. The van der Waals surface area contributed by atoms with E-state index in [1.54, 1.807) is 18.9 Å². The molecule has 1 heterocycles. The first-order valence-electron chi connectivity index (χ1n) is 9.73. The van der Waals surface area contributed by atoms with Crippen LogP contribution >= 0.6 is 11.8 Å². The number of carbonyl (C=O) groups is 1. The van der Waals surface area contributed by atoms with Crippen LogP contribution in [0.3, 0.4) is 0 Å². The number of hydrogen-bond donors (Lipinski definition) is 2. The van der Waals surface area contributed by atoms with Gasteiger partial charge in [0.25, 0.3) is 0 Å². The average Bonchev–Trinajstić information content (AvgIpc) is 3.23. The van der Waals surface area contributed by atoms with Crippen molar-refractivity contribution in [1.82, 2.24) is 5.32 Å². The number of carboxylic acids is 1. The van der Waals surface area contributed by atoms with Crippen molar-refractivity contribution in [2.45, 2.75) is 31.2 Å². The molecule has 1 aliphatic heterocycles. The fourth-order valence-corrected chi connectivity index (χ4v) is 4.35. The van der Waals surface area contributed by atoms with Gasteiger partial charge >= 0.3 is 5.97 Å². The Morgan fingerprint density at radius 3 is 2.55 bits per heavy atom. The Balaban J connectivity index is 1.55. The Morgan fingerprint density at radius 2 is 1.90 bits per heavy atom. The van der Waals surface area contributed by atoms with Crippen LogP contribution < -0.4 is 19.5 Å². The summed E-state index contributed by atoms with van der Waals surface area (Å²) in [6.45, 7) is 2.95. The molecule has 7 heteroatoms. The highest BCUT2D eigenvalue weighted by atomic mass is 32.2. The van der Waals surface area contributed by atoms with Gasteiger partial charge in [0, 0.05) is 5.75 Å². The molecule has 3 rings (SSSR count). The number of thioether (sulfide) groups is 1. The normalized spacial score (nSPS) is 18.4. The quantitative estimate of drug-likeness (QED) is 0.568. The molecule has 29 heavy (non-hydrogen) atoms. The number of hydrogen-bond acceptors (Lipinski definition) is 6. The Hall–Kier alpha value is -2.38. The molecule has 0 aromatic heterocycles. The van der Waals surface area contributed by atoms with E-state index in [4.69, 9.17) is 19.3 Å². The number of methoxy groups -OCH3 is 1. The minimum absolute atomic E-state index is 0.0813. The van der Waals surface area contributed by atoms with Gasteiger partial charge in [-0.3, -0.25) is 10.1 Å². The summed E-state index contributed by atoms with van der Waals surface area (Å²) >= 11 is 1.57. The maximum atomic E-state index is 11.2. The lowest BCUT2D eigenvalue weighted by Crippen LogP contribution is -2.33. The minimum atomic E-state index is -0.829. The third-order valence-corrected chi connectivity index (χ3v) is 5.91. The van der Waals surface area contributed by atoms with Gasteiger partial charge < -0.3 is 19.3 Å². The third-order valence-electron chi connectivity index (χ3n) is 4.64. The summed E-state index contributed by atoms with van der Waals surface area (Å²) in [5.74, 6) is 1.78. The molecule has 0 amide bonds. The smallest absolute Gasteiger partial charge is 0.321 e. The van der Waals surface area contributed by atoms with Crippen LogP contribution in [0.15, 0.2) is 42.5 Å². The number of nitrogens with one attached hydrogen (secondary N) is 1. The van der Waals surface area contributed by atoms with Crippen molar-refractivity contribution >= 4 is 17.7 Å². The lowest BCUT2D eigenvalue weighted by atomic mass is 10.1. The van der Waals surface area contributed by atoms with Crippen molar-refractivity contribution in [3.05, 3.63) is 53.6 Å². The molecular weight excluding hydrogens is 390 g/mol. The number of carboxylic acid groups (broad SMARTS) is 1. The van der Waals surface area contributed by atoms with E-state index in [9.17, 15) is 4.79 Å². The Kier molecular flexibility index (Phi) is 7.66. The molecule has 2 aromatic rings. The summed E-state index contributed by atoms with van der Waals surface area (Å²) in [4.78, 5) is 11.2. The zero-order valence-electron chi connectivity index (χ0n) is 16.7.